The molecule has 3 rings (SSSR count). The minimum absolute atomic E-state index is 0.145. The second-order valence-corrected chi connectivity index (χ2v) is 6.13. The number of ketones is 1. The third kappa shape index (κ3) is 3.31. The summed E-state index contributed by atoms with van der Waals surface area (Å²) in [7, 11) is 1.58. The molecule has 0 aromatic heterocycles. The van der Waals surface area contributed by atoms with Crippen LogP contribution in [0, 0.1) is 0 Å². The third-order valence-electron chi connectivity index (χ3n) is 4.46. The van der Waals surface area contributed by atoms with Crippen LogP contribution in [0.15, 0.2) is 60.5 Å². The molecule has 0 fully saturated rings. The fourth-order valence-corrected chi connectivity index (χ4v) is 3.06. The average molecular weight is 361 g/mol. The number of alkyl halides is 3. The van der Waals surface area contributed by atoms with Crippen LogP contribution >= 0.6 is 0 Å². The molecule has 1 aliphatic heterocycles. The van der Waals surface area contributed by atoms with E-state index in [2.05, 4.69) is 5.32 Å². The van der Waals surface area contributed by atoms with Gasteiger partial charge in [-0.25, -0.2) is 0 Å². The summed E-state index contributed by atoms with van der Waals surface area (Å²) in [6.07, 6.45) is -5.26. The first-order chi connectivity index (χ1) is 12.3. The van der Waals surface area contributed by atoms with Gasteiger partial charge >= 0.3 is 6.18 Å². The Labute approximate surface area is 149 Å². The van der Waals surface area contributed by atoms with E-state index in [1.165, 1.54) is 12.1 Å². The highest BCUT2D eigenvalue weighted by Crippen LogP contribution is 2.37. The smallest absolute Gasteiger partial charge is 0.416 e. The van der Waals surface area contributed by atoms with Gasteiger partial charge in [0.2, 0.25) is 5.78 Å². The van der Waals surface area contributed by atoms with Crippen molar-refractivity contribution >= 4 is 11.4 Å². The predicted octanol–water partition coefficient (Wildman–Crippen LogP) is 4.37. The van der Waals surface area contributed by atoms with Crippen LogP contribution in [0.3, 0.4) is 0 Å². The molecule has 1 aliphatic rings. The van der Waals surface area contributed by atoms with Gasteiger partial charge < -0.3 is 10.1 Å². The molecule has 0 radical (unpaired) electrons. The van der Waals surface area contributed by atoms with E-state index in [1.54, 1.807) is 7.05 Å². The van der Waals surface area contributed by atoms with Crippen LogP contribution in [0.2, 0.25) is 0 Å². The number of carbonyl (C=O) groups is 1. The van der Waals surface area contributed by atoms with Crippen molar-refractivity contribution in [2.75, 3.05) is 7.05 Å². The van der Waals surface area contributed by atoms with E-state index in [9.17, 15) is 18.0 Å². The second-order valence-electron chi connectivity index (χ2n) is 6.13. The number of hydrogen-bond acceptors (Lipinski definition) is 3. The fourth-order valence-electron chi connectivity index (χ4n) is 3.06. The van der Waals surface area contributed by atoms with Crippen LogP contribution in [-0.4, -0.2) is 18.9 Å². The molecule has 1 heterocycles. The highest BCUT2D eigenvalue weighted by Gasteiger charge is 2.40. The number of benzene rings is 2. The summed E-state index contributed by atoms with van der Waals surface area (Å²) in [6.45, 7) is 1.86. The molecular weight excluding hydrogens is 343 g/mol. The normalized spacial score (nSPS) is 18.7. The highest BCUT2D eigenvalue weighted by molar-refractivity contribution is 6.25. The molecule has 3 nitrogen and oxygen atoms in total. The Balaban J connectivity index is 1.96. The summed E-state index contributed by atoms with van der Waals surface area (Å²) in [6, 6.07) is 14.1. The first-order valence-corrected chi connectivity index (χ1v) is 8.18. The molecule has 26 heavy (non-hydrogen) atoms. The minimum atomic E-state index is -4.48. The van der Waals surface area contributed by atoms with Gasteiger partial charge in [0.05, 0.1) is 11.1 Å². The van der Waals surface area contributed by atoms with Gasteiger partial charge in [-0.2, -0.15) is 13.2 Å². The van der Waals surface area contributed by atoms with E-state index in [1.807, 2.05) is 37.3 Å². The molecule has 1 N–H and O–H groups in total. The summed E-state index contributed by atoms with van der Waals surface area (Å²) in [5, 5.41) is 2.79. The lowest BCUT2D eigenvalue weighted by atomic mass is 9.89. The highest BCUT2D eigenvalue weighted by atomic mass is 19.4. The molecule has 0 saturated heterocycles. The van der Waals surface area contributed by atoms with Gasteiger partial charge in [0.15, 0.2) is 12.0 Å². The Morgan fingerprint density at radius 2 is 1.77 bits per heavy atom. The monoisotopic (exact) mass is 361 g/mol. The van der Waals surface area contributed by atoms with Gasteiger partial charge in [0.25, 0.3) is 0 Å². The average Bonchev–Trinajstić information content (AvgIpc) is 2.97. The SMILES string of the molecule is CNC1=C(c2cccc(C(F)(F)F)c2)C(=O)C(C(C)c2ccccc2)O1. The first-order valence-electron chi connectivity index (χ1n) is 8.18. The van der Waals surface area contributed by atoms with Gasteiger partial charge in [0, 0.05) is 13.0 Å². The van der Waals surface area contributed by atoms with E-state index >= 15 is 0 Å². The van der Waals surface area contributed by atoms with Crippen molar-refractivity contribution in [2.45, 2.75) is 25.1 Å². The summed E-state index contributed by atoms with van der Waals surface area (Å²) < 4.78 is 44.8. The molecule has 2 atom stereocenters. The van der Waals surface area contributed by atoms with E-state index in [4.69, 9.17) is 4.74 Å². The van der Waals surface area contributed by atoms with Gasteiger partial charge in [-0.05, 0) is 23.3 Å². The Morgan fingerprint density at radius 3 is 2.38 bits per heavy atom. The zero-order valence-electron chi connectivity index (χ0n) is 14.3. The number of carbonyl (C=O) groups excluding carboxylic acids is 1. The predicted molar refractivity (Wildman–Crippen MR) is 92.2 cm³/mol. The van der Waals surface area contributed by atoms with Crippen molar-refractivity contribution < 1.29 is 22.7 Å². The Morgan fingerprint density at radius 1 is 1.08 bits per heavy atom. The van der Waals surface area contributed by atoms with Crippen LogP contribution in [0.1, 0.15) is 29.5 Å². The number of nitrogens with one attached hydrogen (secondary N) is 1. The number of ether oxygens (including phenoxy) is 1. The third-order valence-corrected chi connectivity index (χ3v) is 4.46. The van der Waals surface area contributed by atoms with Crippen molar-refractivity contribution in [1.82, 2.24) is 5.32 Å². The van der Waals surface area contributed by atoms with Crippen LogP contribution in [0.4, 0.5) is 13.2 Å². The van der Waals surface area contributed by atoms with E-state index in [0.717, 1.165) is 17.7 Å². The zero-order valence-corrected chi connectivity index (χ0v) is 14.3. The number of rotatable bonds is 4. The Bertz CT molecular complexity index is 844. The van der Waals surface area contributed by atoms with Gasteiger partial charge in [-0.1, -0.05) is 49.4 Å². The van der Waals surface area contributed by atoms with Crippen LogP contribution in [0.5, 0.6) is 0 Å². The molecule has 136 valence electrons. The summed E-state index contributed by atoms with van der Waals surface area (Å²) in [4.78, 5) is 12.9. The molecule has 0 bridgehead atoms. The molecule has 0 amide bonds. The molecule has 2 unspecified atom stereocenters. The van der Waals surface area contributed by atoms with Crippen LogP contribution in [0.25, 0.3) is 5.57 Å². The lowest BCUT2D eigenvalue weighted by Gasteiger charge is -2.19. The number of hydrogen-bond donors (Lipinski definition) is 1. The Kier molecular flexibility index (Phi) is 4.76. The first kappa shape index (κ1) is 18.0. The summed E-state index contributed by atoms with van der Waals surface area (Å²) >= 11 is 0. The van der Waals surface area contributed by atoms with Gasteiger partial charge in [-0.15, -0.1) is 0 Å². The molecule has 0 aliphatic carbocycles. The number of Topliss-reactive ketones (excluding diaryl/α,β-unsaturated/α-hetero) is 1. The van der Waals surface area contributed by atoms with Crippen molar-refractivity contribution in [3.8, 4) is 0 Å². The molecule has 0 spiro atoms. The topological polar surface area (TPSA) is 38.3 Å². The quantitative estimate of drug-likeness (QED) is 0.879. The summed E-state index contributed by atoms with van der Waals surface area (Å²) in [5.74, 6) is -0.373. The largest absolute Gasteiger partial charge is 0.466 e. The number of halogens is 3. The fraction of sp³-hybridized carbons (Fsp3) is 0.250. The van der Waals surface area contributed by atoms with Gasteiger partial charge in [-0.3, -0.25) is 4.79 Å². The second kappa shape index (κ2) is 6.86. The zero-order chi connectivity index (χ0) is 18.9. The van der Waals surface area contributed by atoms with Gasteiger partial charge in [0.1, 0.15) is 0 Å². The van der Waals surface area contributed by atoms with Crippen molar-refractivity contribution in [3.05, 3.63) is 77.2 Å². The van der Waals surface area contributed by atoms with Crippen LogP contribution in [-0.2, 0) is 15.7 Å². The van der Waals surface area contributed by atoms with E-state index in [-0.39, 0.29) is 28.7 Å². The maximum Gasteiger partial charge on any atom is 0.416 e. The van der Waals surface area contributed by atoms with Crippen molar-refractivity contribution in [1.29, 1.82) is 0 Å². The van der Waals surface area contributed by atoms with Crippen LogP contribution < -0.4 is 5.32 Å². The molecule has 6 heteroatoms. The van der Waals surface area contributed by atoms with E-state index in [0.29, 0.717) is 0 Å². The molecule has 0 saturated carbocycles. The maximum absolute atomic E-state index is 13.0. The molecule has 2 aromatic carbocycles. The summed E-state index contributed by atoms with van der Waals surface area (Å²) in [5.41, 5.74) is 0.459. The maximum atomic E-state index is 13.0. The molecular formula is C20H18F3NO2. The molecule has 2 aromatic rings. The minimum Gasteiger partial charge on any atom is -0.466 e. The Hall–Kier alpha value is -2.76. The van der Waals surface area contributed by atoms with E-state index < -0.39 is 17.8 Å². The lowest BCUT2D eigenvalue weighted by molar-refractivity contribution is -0.137. The van der Waals surface area contributed by atoms with Crippen molar-refractivity contribution in [2.24, 2.45) is 0 Å². The standard InChI is InChI=1S/C20H18F3NO2/c1-12(13-7-4-3-5-8-13)18-17(25)16(19(24-2)26-18)14-9-6-10-15(11-14)20(21,22)23/h3-12,18,24H,1-2H3. The van der Waals surface area contributed by atoms with Crippen molar-refractivity contribution in [3.63, 3.8) is 0 Å². The lowest BCUT2D eigenvalue weighted by Crippen LogP contribution is -2.25.